The fraction of sp³-hybridized carbons (Fsp3) is 0.150. The topological polar surface area (TPSA) is 66.9 Å². The molecule has 3 rings (SSSR count). The van der Waals surface area contributed by atoms with Crippen molar-refractivity contribution in [2.75, 3.05) is 10.6 Å². The molecule has 27 heavy (non-hydrogen) atoms. The van der Waals surface area contributed by atoms with Crippen molar-refractivity contribution in [3.8, 4) is 0 Å². The molecule has 0 aliphatic carbocycles. The number of hydrogen-bond acceptors (Lipinski definition) is 4. The van der Waals surface area contributed by atoms with E-state index in [1.54, 1.807) is 24.3 Å². The van der Waals surface area contributed by atoms with Crippen LogP contribution in [-0.2, 0) is 13.0 Å². The lowest BCUT2D eigenvalue weighted by Crippen LogP contribution is -2.12. The average Bonchev–Trinajstić information content (AvgIpc) is 2.69. The van der Waals surface area contributed by atoms with Gasteiger partial charge in [-0.15, -0.1) is 0 Å². The lowest BCUT2D eigenvalue weighted by Gasteiger charge is -2.09. The molecule has 3 aromatic rings. The Bertz CT molecular complexity index is 928. The van der Waals surface area contributed by atoms with Crippen LogP contribution in [0.1, 0.15) is 28.5 Å². The fourth-order valence-electron chi connectivity index (χ4n) is 2.47. The van der Waals surface area contributed by atoms with Crippen LogP contribution in [0.15, 0.2) is 54.9 Å². The summed E-state index contributed by atoms with van der Waals surface area (Å²) >= 11 is 0. The van der Waals surface area contributed by atoms with E-state index in [4.69, 9.17) is 0 Å². The van der Waals surface area contributed by atoms with Crippen molar-refractivity contribution in [1.29, 1.82) is 0 Å². The van der Waals surface area contributed by atoms with Crippen molar-refractivity contribution in [3.63, 3.8) is 0 Å². The highest BCUT2D eigenvalue weighted by atomic mass is 19.1. The third kappa shape index (κ3) is 4.63. The van der Waals surface area contributed by atoms with Gasteiger partial charge in [0, 0.05) is 17.8 Å². The van der Waals surface area contributed by atoms with Crippen LogP contribution in [0.2, 0.25) is 0 Å². The van der Waals surface area contributed by atoms with Gasteiger partial charge in [0.1, 0.15) is 12.1 Å². The predicted molar refractivity (Wildman–Crippen MR) is 99.5 cm³/mol. The van der Waals surface area contributed by atoms with Gasteiger partial charge in [-0.2, -0.15) is 0 Å². The molecule has 0 unspecified atom stereocenters. The van der Waals surface area contributed by atoms with Crippen LogP contribution in [-0.4, -0.2) is 15.9 Å². The molecule has 2 N–H and O–H groups in total. The second-order valence-electron chi connectivity index (χ2n) is 5.85. The van der Waals surface area contributed by atoms with E-state index < -0.39 is 5.82 Å². The molecule has 0 saturated carbocycles. The lowest BCUT2D eigenvalue weighted by molar-refractivity contribution is 0.102. The Hall–Kier alpha value is -3.35. The highest BCUT2D eigenvalue weighted by Gasteiger charge is 2.10. The van der Waals surface area contributed by atoms with Crippen molar-refractivity contribution in [3.05, 3.63) is 83.3 Å². The van der Waals surface area contributed by atoms with E-state index in [0.717, 1.165) is 5.56 Å². The summed E-state index contributed by atoms with van der Waals surface area (Å²) in [5, 5.41) is 5.63. The molecule has 0 radical (unpaired) electrons. The molecular formula is C20H18F2N4O. The molecule has 0 aliphatic rings. The van der Waals surface area contributed by atoms with Crippen LogP contribution in [0, 0.1) is 11.6 Å². The fourth-order valence-corrected chi connectivity index (χ4v) is 2.47. The van der Waals surface area contributed by atoms with E-state index in [1.807, 2.05) is 6.92 Å². The summed E-state index contributed by atoms with van der Waals surface area (Å²) in [7, 11) is 0. The first kappa shape index (κ1) is 18.4. The Kier molecular flexibility index (Phi) is 5.71. The zero-order valence-corrected chi connectivity index (χ0v) is 14.7. The number of anilines is 2. The van der Waals surface area contributed by atoms with Crippen LogP contribution in [0.3, 0.4) is 0 Å². The maximum atomic E-state index is 14.1. The number of hydrogen-bond donors (Lipinski definition) is 2. The Balaban J connectivity index is 1.61. The molecule has 0 bridgehead atoms. The minimum atomic E-state index is -0.449. The summed E-state index contributed by atoms with van der Waals surface area (Å²) in [6.45, 7) is 2.18. The van der Waals surface area contributed by atoms with Crippen molar-refractivity contribution < 1.29 is 13.6 Å². The standard InChI is InChI=1S/C20H18F2N4O/c1-2-17-18(22)19(25-12-24-17)23-11-13-3-5-14(6-4-13)20(27)26-16-9-7-15(21)8-10-16/h3-10,12H,2,11H2,1H3,(H,26,27)(H,23,24,25). The minimum absolute atomic E-state index is 0.153. The van der Waals surface area contributed by atoms with Gasteiger partial charge in [-0.05, 0) is 48.4 Å². The number of aryl methyl sites for hydroxylation is 1. The number of halogens is 2. The number of nitrogens with one attached hydrogen (secondary N) is 2. The maximum absolute atomic E-state index is 14.1. The number of aromatic nitrogens is 2. The molecule has 7 heteroatoms. The second-order valence-corrected chi connectivity index (χ2v) is 5.85. The number of amides is 1. The first-order chi connectivity index (χ1) is 13.1. The van der Waals surface area contributed by atoms with Crippen molar-refractivity contribution >= 4 is 17.4 Å². The van der Waals surface area contributed by atoms with Crippen LogP contribution >= 0.6 is 0 Å². The van der Waals surface area contributed by atoms with Crippen molar-refractivity contribution in [2.24, 2.45) is 0 Å². The number of nitrogens with zero attached hydrogens (tertiary/aromatic N) is 2. The van der Waals surface area contributed by atoms with Crippen LogP contribution in [0.4, 0.5) is 20.3 Å². The lowest BCUT2D eigenvalue weighted by atomic mass is 10.1. The monoisotopic (exact) mass is 368 g/mol. The van der Waals surface area contributed by atoms with Gasteiger partial charge in [0.15, 0.2) is 11.6 Å². The van der Waals surface area contributed by atoms with E-state index in [1.165, 1.54) is 30.6 Å². The summed E-state index contributed by atoms with van der Waals surface area (Å²) in [5.74, 6) is -0.957. The third-order valence-corrected chi connectivity index (χ3v) is 3.97. The van der Waals surface area contributed by atoms with Gasteiger partial charge in [-0.3, -0.25) is 4.79 Å². The zero-order chi connectivity index (χ0) is 19.2. The van der Waals surface area contributed by atoms with Crippen LogP contribution in [0.25, 0.3) is 0 Å². The Labute approximate surface area is 155 Å². The molecule has 138 valence electrons. The van der Waals surface area contributed by atoms with Gasteiger partial charge >= 0.3 is 0 Å². The molecule has 1 amide bonds. The largest absolute Gasteiger partial charge is 0.363 e. The highest BCUT2D eigenvalue weighted by molar-refractivity contribution is 6.04. The Morgan fingerprint density at radius 2 is 1.70 bits per heavy atom. The summed E-state index contributed by atoms with van der Waals surface area (Å²) in [5.41, 5.74) is 2.20. The molecule has 1 aromatic heterocycles. The summed E-state index contributed by atoms with van der Waals surface area (Å²) in [4.78, 5) is 20.0. The normalized spacial score (nSPS) is 10.5. The molecule has 0 atom stereocenters. The van der Waals surface area contributed by atoms with Gasteiger partial charge in [0.2, 0.25) is 0 Å². The van der Waals surface area contributed by atoms with Gasteiger partial charge in [0.05, 0.1) is 5.69 Å². The van der Waals surface area contributed by atoms with Crippen LogP contribution in [0.5, 0.6) is 0 Å². The Morgan fingerprint density at radius 1 is 1.00 bits per heavy atom. The number of carbonyl (C=O) groups excluding carboxylic acids is 1. The molecule has 0 spiro atoms. The smallest absolute Gasteiger partial charge is 0.255 e. The van der Waals surface area contributed by atoms with E-state index in [0.29, 0.717) is 29.9 Å². The number of benzene rings is 2. The van der Waals surface area contributed by atoms with Gasteiger partial charge in [-0.1, -0.05) is 19.1 Å². The Morgan fingerprint density at radius 3 is 2.37 bits per heavy atom. The van der Waals surface area contributed by atoms with Gasteiger partial charge in [-0.25, -0.2) is 18.7 Å². The van der Waals surface area contributed by atoms with Crippen LogP contribution < -0.4 is 10.6 Å². The first-order valence-corrected chi connectivity index (χ1v) is 8.46. The summed E-state index contributed by atoms with van der Waals surface area (Å²) in [6.07, 6.45) is 1.81. The molecule has 0 fully saturated rings. The highest BCUT2D eigenvalue weighted by Crippen LogP contribution is 2.15. The quantitative estimate of drug-likeness (QED) is 0.685. The maximum Gasteiger partial charge on any atom is 0.255 e. The van der Waals surface area contributed by atoms with E-state index in [-0.39, 0.29) is 17.5 Å². The minimum Gasteiger partial charge on any atom is -0.363 e. The van der Waals surface area contributed by atoms with Crippen molar-refractivity contribution in [1.82, 2.24) is 9.97 Å². The molecule has 1 heterocycles. The average molecular weight is 368 g/mol. The summed E-state index contributed by atoms with van der Waals surface area (Å²) < 4.78 is 27.0. The molecule has 5 nitrogen and oxygen atoms in total. The first-order valence-electron chi connectivity index (χ1n) is 8.46. The van der Waals surface area contributed by atoms with E-state index in [2.05, 4.69) is 20.6 Å². The third-order valence-electron chi connectivity index (χ3n) is 3.97. The predicted octanol–water partition coefficient (Wildman–Crippen LogP) is 4.18. The second kappa shape index (κ2) is 8.35. The number of rotatable bonds is 6. The zero-order valence-electron chi connectivity index (χ0n) is 14.7. The van der Waals surface area contributed by atoms with E-state index >= 15 is 0 Å². The molecule has 2 aromatic carbocycles. The van der Waals surface area contributed by atoms with Gasteiger partial charge in [0.25, 0.3) is 5.91 Å². The number of carbonyl (C=O) groups is 1. The summed E-state index contributed by atoms with van der Waals surface area (Å²) in [6, 6.07) is 12.4. The molecule has 0 saturated heterocycles. The van der Waals surface area contributed by atoms with E-state index in [9.17, 15) is 13.6 Å². The van der Waals surface area contributed by atoms with Crippen molar-refractivity contribution in [2.45, 2.75) is 19.9 Å². The van der Waals surface area contributed by atoms with Gasteiger partial charge < -0.3 is 10.6 Å². The molecular weight excluding hydrogens is 350 g/mol. The SMILES string of the molecule is CCc1ncnc(NCc2ccc(C(=O)Nc3ccc(F)cc3)cc2)c1F. The molecule has 0 aliphatic heterocycles.